The van der Waals surface area contributed by atoms with Crippen molar-refractivity contribution in [2.45, 2.75) is 26.9 Å². The molecule has 2 aromatic rings. The van der Waals surface area contributed by atoms with Gasteiger partial charge < -0.3 is 14.6 Å². The smallest absolute Gasteiger partial charge is 0.270 e. The van der Waals surface area contributed by atoms with Gasteiger partial charge in [0.2, 0.25) is 0 Å². The molecular weight excluding hydrogens is 304 g/mol. The number of amides is 1. The van der Waals surface area contributed by atoms with Crippen LogP contribution in [0.1, 0.15) is 50.7 Å². The Morgan fingerprint density at radius 2 is 1.92 bits per heavy atom. The molecule has 5 heteroatoms. The molecule has 1 aromatic carbocycles. The average Bonchev–Trinajstić information content (AvgIpc) is 2.89. The maximum Gasteiger partial charge on any atom is 0.270 e. The number of rotatable bonds is 3. The van der Waals surface area contributed by atoms with Crippen molar-refractivity contribution in [2.24, 2.45) is 0 Å². The molecule has 1 amide bonds. The predicted molar refractivity (Wildman–Crippen MR) is 91.3 cm³/mol. The van der Waals surface area contributed by atoms with Crippen molar-refractivity contribution in [3.8, 4) is 0 Å². The van der Waals surface area contributed by atoms with Crippen molar-refractivity contribution in [3.05, 3.63) is 58.4 Å². The molecule has 1 aliphatic heterocycles. The molecule has 0 radical (unpaired) electrons. The molecule has 2 heterocycles. The number of hydrogen-bond acceptors (Lipinski definition) is 3. The fraction of sp³-hybridized carbons (Fsp3) is 0.368. The van der Waals surface area contributed by atoms with E-state index in [0.717, 1.165) is 16.8 Å². The van der Waals surface area contributed by atoms with Gasteiger partial charge in [0, 0.05) is 17.8 Å². The Balaban J connectivity index is 1.83. The summed E-state index contributed by atoms with van der Waals surface area (Å²) in [6.45, 7) is 6.74. The lowest BCUT2D eigenvalue weighted by atomic mass is 10.1. The summed E-state index contributed by atoms with van der Waals surface area (Å²) in [4.78, 5) is 29.6. The summed E-state index contributed by atoms with van der Waals surface area (Å²) in [6, 6.07) is 9.92. The van der Waals surface area contributed by atoms with Crippen molar-refractivity contribution in [3.63, 3.8) is 0 Å². The number of aromatic amines is 1. The fourth-order valence-corrected chi connectivity index (χ4v) is 3.35. The first-order valence-electron chi connectivity index (χ1n) is 8.15. The van der Waals surface area contributed by atoms with Gasteiger partial charge in [-0.2, -0.15) is 0 Å². The van der Waals surface area contributed by atoms with Crippen LogP contribution in [0.2, 0.25) is 0 Å². The number of ether oxygens (including phenoxy) is 1. The number of nitrogens with one attached hydrogen (secondary N) is 1. The maximum absolute atomic E-state index is 12.9. The molecule has 0 saturated carbocycles. The second kappa shape index (κ2) is 6.61. The van der Waals surface area contributed by atoms with Crippen molar-refractivity contribution in [1.82, 2.24) is 9.88 Å². The Morgan fingerprint density at radius 3 is 2.54 bits per heavy atom. The summed E-state index contributed by atoms with van der Waals surface area (Å²) in [5.74, 6) is -0.100. The molecule has 1 N–H and O–H groups in total. The van der Waals surface area contributed by atoms with Crippen LogP contribution in [-0.4, -0.2) is 41.3 Å². The number of nitrogens with zero attached hydrogens (tertiary/aromatic N) is 1. The standard InChI is InChI=1S/C19H22N2O3/c1-12-17(14(3)22)13(2)20-18(12)19(23)21-9-10-24-16(11-21)15-7-5-4-6-8-15/h4-8,16,20H,9-11H2,1-3H3/t16-/m1/s1. The molecule has 1 aromatic heterocycles. The number of carbonyl (C=O) groups excluding carboxylic acids is 2. The van der Waals surface area contributed by atoms with E-state index in [1.54, 1.807) is 4.90 Å². The summed E-state index contributed by atoms with van der Waals surface area (Å²) < 4.78 is 5.82. The number of Topliss-reactive ketones (excluding diaryl/α,β-unsaturated/α-hetero) is 1. The Kier molecular flexibility index (Phi) is 4.53. The van der Waals surface area contributed by atoms with Crippen molar-refractivity contribution < 1.29 is 14.3 Å². The van der Waals surface area contributed by atoms with Gasteiger partial charge in [-0.25, -0.2) is 0 Å². The summed E-state index contributed by atoms with van der Waals surface area (Å²) in [5, 5.41) is 0. The van der Waals surface area contributed by atoms with Crippen LogP contribution in [0.3, 0.4) is 0 Å². The van der Waals surface area contributed by atoms with Gasteiger partial charge in [0.25, 0.3) is 5.91 Å². The number of morpholine rings is 1. The monoisotopic (exact) mass is 326 g/mol. The van der Waals surface area contributed by atoms with Gasteiger partial charge in [-0.3, -0.25) is 9.59 Å². The number of ketones is 1. The lowest BCUT2D eigenvalue weighted by Crippen LogP contribution is -2.42. The zero-order chi connectivity index (χ0) is 17.3. The minimum atomic E-state index is -0.118. The van der Waals surface area contributed by atoms with E-state index in [2.05, 4.69) is 4.98 Å². The van der Waals surface area contributed by atoms with Gasteiger partial charge in [-0.1, -0.05) is 30.3 Å². The van der Waals surface area contributed by atoms with E-state index in [-0.39, 0.29) is 17.8 Å². The average molecular weight is 326 g/mol. The van der Waals surface area contributed by atoms with E-state index >= 15 is 0 Å². The van der Waals surface area contributed by atoms with Crippen LogP contribution < -0.4 is 0 Å². The number of hydrogen-bond donors (Lipinski definition) is 1. The van der Waals surface area contributed by atoms with E-state index in [1.165, 1.54) is 6.92 Å². The Hall–Kier alpha value is -2.40. The van der Waals surface area contributed by atoms with Gasteiger partial charge in [-0.05, 0) is 31.9 Å². The zero-order valence-corrected chi connectivity index (χ0v) is 14.3. The number of aryl methyl sites for hydroxylation is 1. The first-order chi connectivity index (χ1) is 11.5. The highest BCUT2D eigenvalue weighted by Crippen LogP contribution is 2.25. The van der Waals surface area contributed by atoms with E-state index < -0.39 is 0 Å². The molecule has 1 saturated heterocycles. The molecule has 126 valence electrons. The highest BCUT2D eigenvalue weighted by atomic mass is 16.5. The number of aromatic nitrogens is 1. The molecule has 24 heavy (non-hydrogen) atoms. The highest BCUT2D eigenvalue weighted by molar-refractivity contribution is 6.02. The third-order valence-corrected chi connectivity index (χ3v) is 4.53. The fourth-order valence-electron chi connectivity index (χ4n) is 3.35. The van der Waals surface area contributed by atoms with Crippen LogP contribution in [0.4, 0.5) is 0 Å². The molecular formula is C19H22N2O3. The number of carbonyl (C=O) groups is 2. The van der Waals surface area contributed by atoms with Crippen LogP contribution >= 0.6 is 0 Å². The minimum absolute atomic E-state index is 0.0237. The lowest BCUT2D eigenvalue weighted by molar-refractivity contribution is -0.0230. The van der Waals surface area contributed by atoms with Crippen LogP contribution in [-0.2, 0) is 4.74 Å². The van der Waals surface area contributed by atoms with Gasteiger partial charge >= 0.3 is 0 Å². The largest absolute Gasteiger partial charge is 0.370 e. The van der Waals surface area contributed by atoms with Gasteiger partial charge in [-0.15, -0.1) is 0 Å². The quantitative estimate of drug-likeness (QED) is 0.882. The van der Waals surface area contributed by atoms with E-state index in [9.17, 15) is 9.59 Å². The van der Waals surface area contributed by atoms with Crippen LogP contribution in [0.5, 0.6) is 0 Å². The van der Waals surface area contributed by atoms with Crippen molar-refractivity contribution in [1.29, 1.82) is 0 Å². The molecule has 3 rings (SSSR count). The molecule has 1 atom stereocenters. The number of H-pyrrole nitrogens is 1. The highest BCUT2D eigenvalue weighted by Gasteiger charge is 2.29. The third kappa shape index (κ3) is 2.99. The first kappa shape index (κ1) is 16.5. The molecule has 0 unspecified atom stereocenters. The topological polar surface area (TPSA) is 62.4 Å². The summed E-state index contributed by atoms with van der Waals surface area (Å²) in [6.07, 6.45) is -0.118. The second-order valence-corrected chi connectivity index (χ2v) is 6.20. The van der Waals surface area contributed by atoms with Crippen molar-refractivity contribution in [2.75, 3.05) is 19.7 Å². The van der Waals surface area contributed by atoms with Crippen LogP contribution in [0.25, 0.3) is 0 Å². The zero-order valence-electron chi connectivity index (χ0n) is 14.3. The normalized spacial score (nSPS) is 17.8. The van der Waals surface area contributed by atoms with E-state index in [0.29, 0.717) is 31.0 Å². The molecule has 1 fully saturated rings. The number of benzene rings is 1. The van der Waals surface area contributed by atoms with Crippen molar-refractivity contribution >= 4 is 11.7 Å². The molecule has 1 aliphatic rings. The third-order valence-electron chi connectivity index (χ3n) is 4.53. The molecule has 0 aliphatic carbocycles. The SMILES string of the molecule is CC(=O)c1c(C)[nH]c(C(=O)N2CCO[C@@H](c3ccccc3)C2)c1C. The summed E-state index contributed by atoms with van der Waals surface area (Å²) >= 11 is 0. The van der Waals surface area contributed by atoms with Crippen LogP contribution in [0, 0.1) is 13.8 Å². The van der Waals surface area contributed by atoms with Crippen LogP contribution in [0.15, 0.2) is 30.3 Å². The predicted octanol–water partition coefficient (Wildman–Crippen LogP) is 3.05. The first-order valence-corrected chi connectivity index (χ1v) is 8.15. The van der Waals surface area contributed by atoms with Gasteiger partial charge in [0.1, 0.15) is 11.8 Å². The minimum Gasteiger partial charge on any atom is -0.370 e. The Morgan fingerprint density at radius 1 is 1.21 bits per heavy atom. The second-order valence-electron chi connectivity index (χ2n) is 6.20. The Labute approximate surface area is 141 Å². The summed E-state index contributed by atoms with van der Waals surface area (Å²) in [5.41, 5.74) is 3.67. The molecule has 0 spiro atoms. The summed E-state index contributed by atoms with van der Waals surface area (Å²) in [7, 11) is 0. The lowest BCUT2D eigenvalue weighted by Gasteiger charge is -2.33. The van der Waals surface area contributed by atoms with Gasteiger partial charge in [0.05, 0.1) is 13.2 Å². The van der Waals surface area contributed by atoms with E-state index in [4.69, 9.17) is 4.74 Å². The Bertz CT molecular complexity index is 764. The van der Waals surface area contributed by atoms with Gasteiger partial charge in [0.15, 0.2) is 5.78 Å². The maximum atomic E-state index is 12.9. The molecule has 5 nitrogen and oxygen atoms in total. The van der Waals surface area contributed by atoms with E-state index in [1.807, 2.05) is 44.2 Å². The molecule has 0 bridgehead atoms.